The largest absolute Gasteiger partial charge is 0.508 e. The predicted molar refractivity (Wildman–Crippen MR) is 68.4 cm³/mol. The average Bonchev–Trinajstić information content (AvgIpc) is 2.32. The molecule has 0 aliphatic heterocycles. The minimum Gasteiger partial charge on any atom is -0.508 e. The summed E-state index contributed by atoms with van der Waals surface area (Å²) in [6.07, 6.45) is 4.92. The van der Waals surface area contributed by atoms with E-state index in [1.54, 1.807) is 24.3 Å². The molecule has 1 amide bonds. The van der Waals surface area contributed by atoms with E-state index < -0.39 is 0 Å². The third-order valence-electron chi connectivity index (χ3n) is 2.23. The molecule has 0 fully saturated rings. The number of phenols is 1. The highest BCUT2D eigenvalue weighted by molar-refractivity contribution is 5.91. The summed E-state index contributed by atoms with van der Waals surface area (Å²) in [7, 11) is 0. The normalized spacial score (nSPS) is 10.6. The van der Waals surface area contributed by atoms with Gasteiger partial charge in [0.15, 0.2) is 0 Å². The van der Waals surface area contributed by atoms with E-state index in [-0.39, 0.29) is 11.7 Å². The smallest absolute Gasteiger partial charge is 0.243 e. The maximum absolute atomic E-state index is 11.4. The van der Waals surface area contributed by atoms with E-state index in [9.17, 15) is 9.90 Å². The van der Waals surface area contributed by atoms with Crippen LogP contribution in [0.15, 0.2) is 30.3 Å². The summed E-state index contributed by atoms with van der Waals surface area (Å²) in [5, 5.41) is 12.0. The van der Waals surface area contributed by atoms with Crippen LogP contribution in [0.25, 0.3) is 6.08 Å². The molecule has 4 nitrogen and oxygen atoms in total. The van der Waals surface area contributed by atoms with Crippen LogP contribution in [0, 0.1) is 0 Å². The Morgan fingerprint density at radius 2 is 2.24 bits per heavy atom. The number of carbonyl (C=O) groups is 1. The molecule has 0 saturated carbocycles. The fourth-order valence-electron chi connectivity index (χ4n) is 1.34. The molecule has 17 heavy (non-hydrogen) atoms. The highest BCUT2D eigenvalue weighted by Crippen LogP contribution is 2.11. The second-order valence-corrected chi connectivity index (χ2v) is 3.72. The van der Waals surface area contributed by atoms with Crippen LogP contribution < -0.4 is 11.1 Å². The molecule has 0 aliphatic carbocycles. The van der Waals surface area contributed by atoms with Crippen molar-refractivity contribution in [3.63, 3.8) is 0 Å². The van der Waals surface area contributed by atoms with E-state index in [1.807, 2.05) is 6.07 Å². The summed E-state index contributed by atoms with van der Waals surface area (Å²) in [4.78, 5) is 11.4. The Hall–Kier alpha value is -1.81. The molecule has 0 unspecified atom stereocenters. The lowest BCUT2D eigenvalue weighted by atomic mass is 10.2. The summed E-state index contributed by atoms with van der Waals surface area (Å²) in [6.45, 7) is 1.29. The molecule has 0 saturated heterocycles. The lowest BCUT2D eigenvalue weighted by Crippen LogP contribution is -2.22. The maximum Gasteiger partial charge on any atom is 0.243 e. The molecular formula is C13H18N2O2. The van der Waals surface area contributed by atoms with Gasteiger partial charge in [-0.15, -0.1) is 0 Å². The second kappa shape index (κ2) is 7.46. The van der Waals surface area contributed by atoms with E-state index in [1.165, 1.54) is 6.08 Å². The van der Waals surface area contributed by atoms with Gasteiger partial charge >= 0.3 is 0 Å². The number of aromatic hydroxyl groups is 1. The molecule has 1 rings (SSSR count). The van der Waals surface area contributed by atoms with Crippen LogP contribution in [0.1, 0.15) is 18.4 Å². The molecule has 0 aliphatic rings. The Morgan fingerprint density at radius 1 is 1.41 bits per heavy atom. The lowest BCUT2D eigenvalue weighted by Gasteiger charge is -2.00. The third-order valence-corrected chi connectivity index (χ3v) is 2.23. The Labute approximate surface area is 101 Å². The number of benzene rings is 1. The van der Waals surface area contributed by atoms with Crippen molar-refractivity contribution in [2.45, 2.75) is 12.8 Å². The van der Waals surface area contributed by atoms with Crippen molar-refractivity contribution in [1.29, 1.82) is 0 Å². The van der Waals surface area contributed by atoms with Crippen LogP contribution in [-0.2, 0) is 4.79 Å². The fraction of sp³-hybridized carbons (Fsp3) is 0.308. The molecule has 1 aromatic rings. The Bertz CT molecular complexity index is 389. The van der Waals surface area contributed by atoms with Gasteiger partial charge in [-0.2, -0.15) is 0 Å². The number of nitrogens with two attached hydrogens (primary N) is 1. The van der Waals surface area contributed by atoms with E-state index in [0.29, 0.717) is 13.1 Å². The minimum absolute atomic E-state index is 0.134. The Balaban J connectivity index is 2.35. The molecule has 0 spiro atoms. The van der Waals surface area contributed by atoms with Gasteiger partial charge in [-0.25, -0.2) is 0 Å². The molecule has 92 valence electrons. The van der Waals surface area contributed by atoms with Crippen molar-refractivity contribution in [1.82, 2.24) is 5.32 Å². The molecule has 0 bridgehead atoms. The van der Waals surface area contributed by atoms with Crippen LogP contribution in [0.3, 0.4) is 0 Å². The third kappa shape index (κ3) is 5.73. The van der Waals surface area contributed by atoms with Crippen LogP contribution >= 0.6 is 0 Å². The number of amides is 1. The summed E-state index contributed by atoms with van der Waals surface area (Å²) in [5.41, 5.74) is 6.14. The van der Waals surface area contributed by atoms with Crippen molar-refractivity contribution >= 4 is 12.0 Å². The van der Waals surface area contributed by atoms with Gasteiger partial charge in [0.05, 0.1) is 0 Å². The van der Waals surface area contributed by atoms with E-state index >= 15 is 0 Å². The summed E-state index contributed by atoms with van der Waals surface area (Å²) < 4.78 is 0. The molecule has 4 N–H and O–H groups in total. The van der Waals surface area contributed by atoms with Gasteiger partial charge in [0.25, 0.3) is 0 Å². The maximum atomic E-state index is 11.4. The molecule has 0 atom stereocenters. The highest BCUT2D eigenvalue weighted by atomic mass is 16.3. The quantitative estimate of drug-likeness (QED) is 0.512. The zero-order valence-electron chi connectivity index (χ0n) is 9.73. The predicted octanol–water partition coefficient (Wildman–Crippen LogP) is 1.26. The van der Waals surface area contributed by atoms with E-state index in [0.717, 1.165) is 18.4 Å². The number of phenolic OH excluding ortho intramolecular Hbond substituents is 1. The summed E-state index contributed by atoms with van der Waals surface area (Å²) in [5.74, 6) is 0.0564. The summed E-state index contributed by atoms with van der Waals surface area (Å²) in [6, 6.07) is 6.73. The first kappa shape index (κ1) is 13.3. The van der Waals surface area contributed by atoms with Gasteiger partial charge in [-0.1, -0.05) is 12.1 Å². The second-order valence-electron chi connectivity index (χ2n) is 3.72. The number of rotatable bonds is 6. The van der Waals surface area contributed by atoms with Gasteiger partial charge in [-0.05, 0) is 43.2 Å². The first-order chi connectivity index (χ1) is 8.22. The topological polar surface area (TPSA) is 75.3 Å². The van der Waals surface area contributed by atoms with Gasteiger partial charge < -0.3 is 16.2 Å². The monoisotopic (exact) mass is 234 g/mol. The number of hydrogen-bond donors (Lipinski definition) is 3. The van der Waals surface area contributed by atoms with Crippen LogP contribution in [0.2, 0.25) is 0 Å². The van der Waals surface area contributed by atoms with Crippen molar-refractivity contribution in [2.24, 2.45) is 5.73 Å². The number of unbranched alkanes of at least 4 members (excludes halogenated alkanes) is 1. The van der Waals surface area contributed by atoms with Crippen molar-refractivity contribution in [2.75, 3.05) is 13.1 Å². The molecule has 0 radical (unpaired) electrons. The average molecular weight is 234 g/mol. The molecule has 0 heterocycles. The number of hydrogen-bond acceptors (Lipinski definition) is 3. The van der Waals surface area contributed by atoms with Crippen LogP contribution in [0.4, 0.5) is 0 Å². The molecular weight excluding hydrogens is 216 g/mol. The van der Waals surface area contributed by atoms with Gasteiger partial charge in [0.2, 0.25) is 5.91 Å². The zero-order chi connectivity index (χ0) is 12.5. The van der Waals surface area contributed by atoms with Gasteiger partial charge in [-0.3, -0.25) is 4.79 Å². The van der Waals surface area contributed by atoms with Crippen LogP contribution in [-0.4, -0.2) is 24.1 Å². The first-order valence-electron chi connectivity index (χ1n) is 5.67. The van der Waals surface area contributed by atoms with Crippen molar-refractivity contribution in [3.05, 3.63) is 35.9 Å². The SMILES string of the molecule is NCCCCNC(=O)C=Cc1cccc(O)c1. The first-order valence-corrected chi connectivity index (χ1v) is 5.67. The highest BCUT2D eigenvalue weighted by Gasteiger charge is 1.95. The standard InChI is InChI=1S/C13H18N2O2/c14-8-1-2-9-15-13(17)7-6-11-4-3-5-12(16)10-11/h3-7,10,16H,1-2,8-9,14H2,(H,15,17). The van der Waals surface area contributed by atoms with Crippen LogP contribution in [0.5, 0.6) is 5.75 Å². The summed E-state index contributed by atoms with van der Waals surface area (Å²) >= 11 is 0. The Kier molecular flexibility index (Phi) is 5.82. The van der Waals surface area contributed by atoms with Crippen molar-refractivity contribution < 1.29 is 9.90 Å². The minimum atomic E-state index is -0.134. The van der Waals surface area contributed by atoms with Crippen molar-refractivity contribution in [3.8, 4) is 5.75 Å². The molecule has 0 aromatic heterocycles. The van der Waals surface area contributed by atoms with Gasteiger partial charge in [0.1, 0.15) is 5.75 Å². The van der Waals surface area contributed by atoms with E-state index in [2.05, 4.69) is 5.32 Å². The lowest BCUT2D eigenvalue weighted by molar-refractivity contribution is -0.116. The van der Waals surface area contributed by atoms with E-state index in [4.69, 9.17) is 5.73 Å². The zero-order valence-corrected chi connectivity index (χ0v) is 9.73. The molecule has 4 heteroatoms. The Morgan fingerprint density at radius 3 is 2.94 bits per heavy atom. The molecule has 1 aromatic carbocycles. The number of carbonyl (C=O) groups excluding carboxylic acids is 1. The number of nitrogens with one attached hydrogen (secondary N) is 1. The van der Waals surface area contributed by atoms with Gasteiger partial charge in [0, 0.05) is 12.6 Å². The fourth-order valence-corrected chi connectivity index (χ4v) is 1.34.